The molecule has 4 rings (SSSR count). The molecule has 0 saturated heterocycles. The van der Waals surface area contributed by atoms with Gasteiger partial charge in [-0.25, -0.2) is 8.42 Å². The molecule has 0 amide bonds. The van der Waals surface area contributed by atoms with Gasteiger partial charge < -0.3 is 9.66 Å². The van der Waals surface area contributed by atoms with Crippen LogP contribution in [-0.2, 0) is 14.6 Å². The van der Waals surface area contributed by atoms with Gasteiger partial charge in [0.05, 0.1) is 13.6 Å². The van der Waals surface area contributed by atoms with Crippen LogP contribution in [0.1, 0.15) is 78.9 Å². The van der Waals surface area contributed by atoms with Crippen LogP contribution < -0.4 is 29.6 Å². The Hall–Kier alpha value is 0.570. The van der Waals surface area contributed by atoms with E-state index in [0.29, 0.717) is 38.0 Å². The average molecular weight is 426 g/mol. The van der Waals surface area contributed by atoms with E-state index in [0.717, 1.165) is 18.4 Å². The molecule has 0 radical (unpaired) electrons. The second-order valence-electron chi connectivity index (χ2n) is 9.45. The zero-order valence-corrected chi connectivity index (χ0v) is 19.8. The van der Waals surface area contributed by atoms with E-state index in [1.807, 2.05) is 6.92 Å². The maximum Gasteiger partial charge on any atom is 1.00 e. The second-order valence-corrected chi connectivity index (χ2v) is 10.5. The molecule has 0 aliphatic heterocycles. The van der Waals surface area contributed by atoms with Crippen molar-refractivity contribution < 1.29 is 58.7 Å². The normalized spacial score (nSPS) is 53.3. The Morgan fingerprint density at radius 3 is 2.75 bits per heavy atom. The van der Waals surface area contributed by atoms with Gasteiger partial charge in [-0.1, -0.05) is 25.5 Å². The summed E-state index contributed by atoms with van der Waals surface area (Å²) in [7, 11) is -4.75. The third-order valence-electron chi connectivity index (χ3n) is 8.38. The van der Waals surface area contributed by atoms with Crippen molar-refractivity contribution in [3.63, 3.8) is 0 Å². The molecule has 154 valence electrons. The summed E-state index contributed by atoms with van der Waals surface area (Å²) in [4.78, 5) is 0. The van der Waals surface area contributed by atoms with Gasteiger partial charge in [0, 0.05) is 5.48 Å². The van der Waals surface area contributed by atoms with Gasteiger partial charge in [0.2, 0.25) is 10.4 Å². The fraction of sp³-hybridized carbons (Fsp3) is 0.905. The molecule has 0 bridgehead atoms. The van der Waals surface area contributed by atoms with Crippen molar-refractivity contribution in [1.29, 1.82) is 0 Å². The van der Waals surface area contributed by atoms with Gasteiger partial charge >= 0.3 is 29.6 Å². The topological polar surface area (TPSA) is 86.7 Å². The Labute approximate surface area is 199 Å². The summed E-state index contributed by atoms with van der Waals surface area (Å²) in [5.41, 5.74) is 0.181. The van der Waals surface area contributed by atoms with Crippen LogP contribution in [0.3, 0.4) is 0 Å². The van der Waals surface area contributed by atoms with Crippen LogP contribution in [0.2, 0.25) is 0 Å². The van der Waals surface area contributed by atoms with Crippen LogP contribution in [0.15, 0.2) is 11.6 Å². The van der Waals surface area contributed by atoms with E-state index < -0.39 is 40.7 Å². The van der Waals surface area contributed by atoms with Crippen molar-refractivity contribution in [1.82, 2.24) is 0 Å². The number of allylic oxidation sites excluding steroid dienone is 1. The SMILES string of the molecule is [2H]C([2H])([2H])[C@]([2H])(O)[C@@]1([2H])CC[C@H]2[C@@H]3CC=C4C[C@@H](OS(=O)(=O)[O-])CC[C@]4(C)[C@H]3CC[C@@]21C.[Na+]. The molecule has 7 heteroatoms. The van der Waals surface area contributed by atoms with Crippen molar-refractivity contribution >= 4 is 10.4 Å². The van der Waals surface area contributed by atoms with Gasteiger partial charge in [-0.15, -0.1) is 0 Å². The molecule has 0 spiro atoms. The molecule has 3 saturated carbocycles. The van der Waals surface area contributed by atoms with Gasteiger partial charge in [0.1, 0.15) is 0 Å². The van der Waals surface area contributed by atoms with E-state index in [4.69, 9.17) is 11.0 Å². The molecule has 0 aromatic rings. The van der Waals surface area contributed by atoms with Crippen molar-refractivity contribution in [2.45, 2.75) is 84.2 Å². The molecule has 4 aliphatic rings. The standard InChI is InChI=1S/C21H34O5S.Na/c1-13(22)17-6-7-18-16-5-4-14-12-15(26-27(23,24)25)8-10-20(14,2)19(16)9-11-21(17,18)3;/h4,13,15-19,22H,5-12H2,1-3H3,(H,23,24,25);/q;+1/p-1/t13-,15-,16-,17+,18-,19-,20-,21+;/m0./s1/i1D3,13D,17D;. The predicted octanol–water partition coefficient (Wildman–Crippen LogP) is 0.796. The summed E-state index contributed by atoms with van der Waals surface area (Å²) < 4.78 is 78.5. The number of rotatable bonds is 3. The monoisotopic (exact) mass is 425 g/mol. The minimum Gasteiger partial charge on any atom is -0.726 e. The third-order valence-corrected chi connectivity index (χ3v) is 8.89. The summed E-state index contributed by atoms with van der Waals surface area (Å²) in [5.74, 6) is -1.24. The molecule has 0 unspecified atom stereocenters. The summed E-state index contributed by atoms with van der Waals surface area (Å²) in [6, 6.07) is 0. The van der Waals surface area contributed by atoms with Crippen LogP contribution >= 0.6 is 0 Å². The summed E-state index contributed by atoms with van der Waals surface area (Å²) in [5, 5.41) is 10.8. The zero-order valence-electron chi connectivity index (χ0n) is 22.0. The molecule has 0 heterocycles. The summed E-state index contributed by atoms with van der Waals surface area (Å²) >= 11 is 0. The fourth-order valence-corrected chi connectivity index (χ4v) is 7.58. The molecular formula is C21H33NaO5S. The maximum absolute atomic E-state index is 11.0. The van der Waals surface area contributed by atoms with E-state index in [1.54, 1.807) is 0 Å². The number of hydrogen-bond donors (Lipinski definition) is 1. The first-order valence-corrected chi connectivity index (χ1v) is 11.4. The van der Waals surface area contributed by atoms with E-state index in [-0.39, 0.29) is 53.2 Å². The Morgan fingerprint density at radius 1 is 1.32 bits per heavy atom. The van der Waals surface area contributed by atoms with Gasteiger partial charge in [-0.2, -0.15) is 0 Å². The molecule has 1 N–H and O–H groups in total. The Bertz CT molecular complexity index is 924. The largest absolute Gasteiger partial charge is 1.00 e. The van der Waals surface area contributed by atoms with Gasteiger partial charge in [0.15, 0.2) is 0 Å². The van der Waals surface area contributed by atoms with Crippen LogP contribution in [0.5, 0.6) is 0 Å². The van der Waals surface area contributed by atoms with Crippen molar-refractivity contribution in [2.24, 2.45) is 34.5 Å². The molecule has 5 nitrogen and oxygen atoms in total. The first kappa shape index (κ1) is 17.2. The predicted molar refractivity (Wildman–Crippen MR) is 101 cm³/mol. The summed E-state index contributed by atoms with van der Waals surface area (Å²) in [6.07, 6.45) is 3.10. The van der Waals surface area contributed by atoms with Gasteiger partial charge in [-0.05, 0) is 92.7 Å². The maximum atomic E-state index is 11.0. The van der Waals surface area contributed by atoms with Crippen LogP contribution in [0.25, 0.3) is 0 Å². The third kappa shape index (κ3) is 3.80. The molecule has 0 aromatic carbocycles. The number of fused-ring (bicyclic) bond motifs is 5. The molecule has 0 aromatic heterocycles. The number of hydrogen-bond acceptors (Lipinski definition) is 5. The molecule has 8 atom stereocenters. The first-order chi connectivity index (χ1) is 14.5. The second kappa shape index (κ2) is 7.92. The Balaban J connectivity index is 0.00000306. The van der Waals surface area contributed by atoms with E-state index >= 15 is 0 Å². The van der Waals surface area contributed by atoms with Crippen LogP contribution in [-0.4, -0.2) is 30.3 Å². The smallest absolute Gasteiger partial charge is 0.726 e. The van der Waals surface area contributed by atoms with E-state index in [9.17, 15) is 18.1 Å². The molecule has 4 aliphatic carbocycles. The first-order valence-electron chi connectivity index (χ1n) is 12.5. The molecule has 3 fully saturated rings. The van der Waals surface area contributed by atoms with Crippen molar-refractivity contribution in [2.75, 3.05) is 0 Å². The zero-order chi connectivity index (χ0) is 24.0. The summed E-state index contributed by atoms with van der Waals surface area (Å²) in [6.45, 7) is 1.12. The number of aliphatic hydroxyl groups is 1. The molecular weight excluding hydrogens is 387 g/mol. The van der Waals surface area contributed by atoms with E-state index in [1.165, 1.54) is 0 Å². The van der Waals surface area contributed by atoms with Gasteiger partial charge in [-0.3, -0.25) is 4.18 Å². The Kier molecular flexibility index (Phi) is 4.86. The van der Waals surface area contributed by atoms with Crippen LogP contribution in [0, 0.1) is 34.5 Å². The van der Waals surface area contributed by atoms with Crippen LogP contribution in [0.4, 0.5) is 0 Å². The quantitative estimate of drug-likeness (QED) is 0.313. The van der Waals surface area contributed by atoms with Gasteiger partial charge in [0.25, 0.3) is 0 Å². The fourth-order valence-electron chi connectivity index (χ4n) is 7.08. The molecule has 28 heavy (non-hydrogen) atoms. The van der Waals surface area contributed by atoms with E-state index in [2.05, 4.69) is 13.0 Å². The minimum absolute atomic E-state index is 0. The van der Waals surface area contributed by atoms with Crippen molar-refractivity contribution in [3.05, 3.63) is 11.6 Å². The Morgan fingerprint density at radius 2 is 2.07 bits per heavy atom. The minimum atomic E-state index is -4.75. The average Bonchev–Trinajstić information content (AvgIpc) is 2.93. The van der Waals surface area contributed by atoms with Crippen molar-refractivity contribution in [3.8, 4) is 0 Å².